The van der Waals surface area contributed by atoms with Crippen LogP contribution in [-0.4, -0.2) is 28.5 Å². The van der Waals surface area contributed by atoms with Crippen molar-refractivity contribution >= 4 is 41.7 Å². The summed E-state index contributed by atoms with van der Waals surface area (Å²) >= 11 is 1.57. The summed E-state index contributed by atoms with van der Waals surface area (Å²) < 4.78 is 1.84. The molecule has 2 N–H and O–H groups in total. The Morgan fingerprint density at radius 2 is 1.73 bits per heavy atom. The average molecular weight is 368 g/mol. The summed E-state index contributed by atoms with van der Waals surface area (Å²) in [5.74, 6) is 0.498. The zero-order valence-electron chi connectivity index (χ0n) is 14.4. The van der Waals surface area contributed by atoms with Gasteiger partial charge in [0.25, 0.3) is 0 Å². The SMILES string of the molecule is C1CC1.CSc1ccc(-c2ccc3nc(NC=O)cn3c2)cc1NC=O. The minimum absolute atomic E-state index is 0.498. The van der Waals surface area contributed by atoms with E-state index < -0.39 is 0 Å². The molecule has 4 rings (SSSR count). The first-order valence-corrected chi connectivity index (χ1v) is 9.55. The number of carbonyl (C=O) groups excluding carboxylic acids is 2. The van der Waals surface area contributed by atoms with Gasteiger partial charge in [0.05, 0.1) is 11.9 Å². The Morgan fingerprint density at radius 3 is 2.38 bits per heavy atom. The number of hydrogen-bond acceptors (Lipinski definition) is 4. The van der Waals surface area contributed by atoms with Crippen molar-refractivity contribution in [2.45, 2.75) is 24.2 Å². The van der Waals surface area contributed by atoms with Crippen molar-refractivity contribution in [3.63, 3.8) is 0 Å². The fraction of sp³-hybridized carbons (Fsp3) is 0.211. The number of amides is 2. The summed E-state index contributed by atoms with van der Waals surface area (Å²) in [6.07, 6.45) is 11.4. The van der Waals surface area contributed by atoms with E-state index in [2.05, 4.69) is 15.6 Å². The summed E-state index contributed by atoms with van der Waals surface area (Å²) in [7, 11) is 0. The second-order valence-electron chi connectivity index (χ2n) is 5.81. The monoisotopic (exact) mass is 368 g/mol. The minimum atomic E-state index is 0.498. The molecule has 0 bridgehead atoms. The molecule has 1 aliphatic carbocycles. The summed E-state index contributed by atoms with van der Waals surface area (Å²) in [6, 6.07) is 9.74. The highest BCUT2D eigenvalue weighted by Crippen LogP contribution is 2.31. The van der Waals surface area contributed by atoms with Crippen LogP contribution in [0.4, 0.5) is 11.5 Å². The molecule has 1 aliphatic rings. The van der Waals surface area contributed by atoms with Crippen molar-refractivity contribution in [2.24, 2.45) is 0 Å². The molecule has 2 heterocycles. The Kier molecular flexibility index (Phi) is 5.91. The number of hydrogen-bond donors (Lipinski definition) is 2. The van der Waals surface area contributed by atoms with Gasteiger partial charge in [-0.15, -0.1) is 11.8 Å². The predicted octanol–water partition coefficient (Wildman–Crippen LogP) is 4.03. The molecule has 6 nitrogen and oxygen atoms in total. The van der Waals surface area contributed by atoms with Gasteiger partial charge in [0.1, 0.15) is 5.65 Å². The molecule has 2 amide bonds. The van der Waals surface area contributed by atoms with Crippen molar-refractivity contribution in [3.8, 4) is 11.1 Å². The maximum Gasteiger partial charge on any atom is 0.212 e. The summed E-state index contributed by atoms with van der Waals surface area (Å²) in [6.45, 7) is 0. The first-order valence-electron chi connectivity index (χ1n) is 8.32. The first kappa shape index (κ1) is 18.0. The smallest absolute Gasteiger partial charge is 0.212 e. The van der Waals surface area contributed by atoms with Gasteiger partial charge in [-0.3, -0.25) is 9.59 Å². The lowest BCUT2D eigenvalue weighted by atomic mass is 10.1. The fourth-order valence-electron chi connectivity index (χ4n) is 2.36. The third-order valence-electron chi connectivity index (χ3n) is 3.76. The van der Waals surface area contributed by atoms with Gasteiger partial charge in [0.2, 0.25) is 12.8 Å². The van der Waals surface area contributed by atoms with E-state index in [1.165, 1.54) is 19.3 Å². The van der Waals surface area contributed by atoms with Gasteiger partial charge in [-0.25, -0.2) is 4.98 Å². The molecule has 134 valence electrons. The number of benzene rings is 1. The highest BCUT2D eigenvalue weighted by molar-refractivity contribution is 7.98. The van der Waals surface area contributed by atoms with Gasteiger partial charge in [-0.05, 0) is 41.6 Å². The largest absolute Gasteiger partial charge is 0.328 e. The highest BCUT2D eigenvalue weighted by Gasteiger charge is 2.07. The fourth-order valence-corrected chi connectivity index (χ4v) is 2.90. The van der Waals surface area contributed by atoms with Crippen LogP contribution < -0.4 is 10.6 Å². The molecule has 3 aromatic rings. The van der Waals surface area contributed by atoms with Crippen molar-refractivity contribution < 1.29 is 9.59 Å². The molecule has 0 aliphatic heterocycles. The molecule has 0 radical (unpaired) electrons. The molecule has 0 atom stereocenters. The van der Waals surface area contributed by atoms with Gasteiger partial charge < -0.3 is 15.0 Å². The molecule has 7 heteroatoms. The topological polar surface area (TPSA) is 75.5 Å². The number of nitrogens with zero attached hydrogens (tertiary/aromatic N) is 2. The quantitative estimate of drug-likeness (QED) is 0.509. The first-order chi connectivity index (χ1) is 12.7. The molecular formula is C19H20N4O2S. The third kappa shape index (κ3) is 4.43. The van der Waals surface area contributed by atoms with E-state index in [1.54, 1.807) is 18.0 Å². The number of fused-ring (bicyclic) bond motifs is 1. The Morgan fingerprint density at radius 1 is 1.00 bits per heavy atom. The predicted molar refractivity (Wildman–Crippen MR) is 106 cm³/mol. The zero-order valence-corrected chi connectivity index (χ0v) is 15.3. The van der Waals surface area contributed by atoms with Crippen LogP contribution in [0.25, 0.3) is 16.8 Å². The van der Waals surface area contributed by atoms with Crippen molar-refractivity contribution in [3.05, 3.63) is 42.7 Å². The lowest BCUT2D eigenvalue weighted by Crippen LogP contribution is -1.96. The van der Waals surface area contributed by atoms with Crippen LogP contribution in [0.3, 0.4) is 0 Å². The molecule has 1 aromatic carbocycles. The van der Waals surface area contributed by atoms with Crippen molar-refractivity contribution in [1.29, 1.82) is 0 Å². The second kappa shape index (κ2) is 8.53. The van der Waals surface area contributed by atoms with Gasteiger partial charge in [-0.1, -0.05) is 25.3 Å². The van der Waals surface area contributed by atoms with E-state index in [9.17, 15) is 9.59 Å². The van der Waals surface area contributed by atoms with Gasteiger partial charge in [0.15, 0.2) is 5.82 Å². The molecular weight excluding hydrogens is 348 g/mol. The number of pyridine rings is 1. The van der Waals surface area contributed by atoms with Gasteiger partial charge in [0, 0.05) is 11.1 Å². The van der Waals surface area contributed by atoms with Crippen LogP contribution in [0.2, 0.25) is 0 Å². The number of aromatic nitrogens is 2. The van der Waals surface area contributed by atoms with Crippen LogP contribution in [-0.2, 0) is 9.59 Å². The summed E-state index contributed by atoms with van der Waals surface area (Å²) in [4.78, 5) is 26.5. The maximum atomic E-state index is 10.8. The van der Waals surface area contributed by atoms with Crippen LogP contribution >= 0.6 is 11.8 Å². The highest BCUT2D eigenvalue weighted by atomic mass is 32.2. The number of anilines is 2. The lowest BCUT2D eigenvalue weighted by molar-refractivity contribution is -0.106. The molecule has 0 spiro atoms. The Bertz CT molecular complexity index is 918. The lowest BCUT2D eigenvalue weighted by Gasteiger charge is -2.09. The average Bonchev–Trinajstić information content (AvgIpc) is 3.48. The van der Waals surface area contributed by atoms with E-state index in [1.807, 2.05) is 47.2 Å². The zero-order chi connectivity index (χ0) is 18.4. The second-order valence-corrected chi connectivity index (χ2v) is 6.66. The maximum absolute atomic E-state index is 10.8. The van der Waals surface area contributed by atoms with Crippen molar-refractivity contribution in [1.82, 2.24) is 9.38 Å². The Balaban J connectivity index is 0.000000592. The number of rotatable bonds is 6. The molecule has 2 aromatic heterocycles. The van der Waals surface area contributed by atoms with E-state index in [0.29, 0.717) is 18.6 Å². The van der Waals surface area contributed by atoms with E-state index in [-0.39, 0.29) is 0 Å². The van der Waals surface area contributed by atoms with Gasteiger partial charge >= 0.3 is 0 Å². The number of imidazole rings is 1. The number of nitrogens with one attached hydrogen (secondary N) is 2. The molecule has 0 unspecified atom stereocenters. The number of thioether (sulfide) groups is 1. The Labute approximate surface area is 156 Å². The van der Waals surface area contributed by atoms with E-state index >= 15 is 0 Å². The molecule has 0 saturated heterocycles. The van der Waals surface area contributed by atoms with Crippen molar-refractivity contribution in [2.75, 3.05) is 16.9 Å². The standard InChI is InChI=1S/C16H14N4O2S.C3H6/c1-23-14-4-2-11(6-13(14)17-9-21)12-3-5-16-19-15(18-10-22)8-20(16)7-12;1-2-3-1/h2-10H,1H3,(H,17,21)(H,18,22);1-3H2. The normalized spacial score (nSPS) is 12.0. The number of carbonyl (C=O) groups is 2. The van der Waals surface area contributed by atoms with E-state index in [4.69, 9.17) is 0 Å². The van der Waals surface area contributed by atoms with Crippen LogP contribution in [0, 0.1) is 0 Å². The molecule has 26 heavy (non-hydrogen) atoms. The van der Waals surface area contributed by atoms with Crippen LogP contribution in [0.15, 0.2) is 47.6 Å². The summed E-state index contributed by atoms with van der Waals surface area (Å²) in [5.41, 5.74) is 3.48. The van der Waals surface area contributed by atoms with Crippen LogP contribution in [0.1, 0.15) is 19.3 Å². The molecule has 1 saturated carbocycles. The molecule has 1 fully saturated rings. The minimum Gasteiger partial charge on any atom is -0.328 e. The van der Waals surface area contributed by atoms with Crippen LogP contribution in [0.5, 0.6) is 0 Å². The van der Waals surface area contributed by atoms with Gasteiger partial charge in [-0.2, -0.15) is 0 Å². The van der Waals surface area contributed by atoms with E-state index in [0.717, 1.165) is 27.4 Å². The Hall–Kier alpha value is -2.80. The third-order valence-corrected chi connectivity index (χ3v) is 4.55. The summed E-state index contributed by atoms with van der Waals surface area (Å²) in [5, 5.41) is 5.26.